The third-order valence-electron chi connectivity index (χ3n) is 3.94. The fourth-order valence-electron chi connectivity index (χ4n) is 2.74. The molecule has 1 fully saturated rings. The molecule has 1 N–H and O–H groups in total. The average molecular weight is 262 g/mol. The summed E-state index contributed by atoms with van der Waals surface area (Å²) in [4.78, 5) is 0. The normalized spacial score (nSPS) is 21.2. The third kappa shape index (κ3) is 5.75. The summed E-state index contributed by atoms with van der Waals surface area (Å²) in [6.45, 7) is 0.911. The highest BCUT2D eigenvalue weighted by atomic mass is 16.5. The molecule has 2 nitrogen and oxygen atoms in total. The molecule has 2 heteroatoms. The van der Waals surface area contributed by atoms with Crippen LogP contribution in [0.2, 0.25) is 0 Å². The highest BCUT2D eigenvalue weighted by molar-refractivity contribution is 5.14. The number of ether oxygens (including phenoxy) is 1. The lowest BCUT2D eigenvalue weighted by molar-refractivity contribution is 0.00163. The van der Waals surface area contributed by atoms with E-state index in [2.05, 4.69) is 24.3 Å². The largest absolute Gasteiger partial charge is 0.393 e. The van der Waals surface area contributed by atoms with Crippen LogP contribution < -0.4 is 0 Å². The second-order valence-corrected chi connectivity index (χ2v) is 5.60. The number of hydrogen-bond donors (Lipinski definition) is 1. The van der Waals surface area contributed by atoms with E-state index in [4.69, 9.17) is 4.74 Å². The van der Waals surface area contributed by atoms with E-state index in [1.54, 1.807) is 0 Å². The minimum absolute atomic E-state index is 0.158. The second kappa shape index (κ2) is 8.34. The van der Waals surface area contributed by atoms with Gasteiger partial charge >= 0.3 is 0 Å². The molecule has 0 saturated carbocycles. The number of aliphatic hydroxyl groups is 1. The van der Waals surface area contributed by atoms with Crippen molar-refractivity contribution in [3.8, 4) is 0 Å². The van der Waals surface area contributed by atoms with E-state index in [-0.39, 0.29) is 6.10 Å². The molecule has 1 saturated heterocycles. The molecule has 0 aliphatic carbocycles. The Morgan fingerprint density at radius 3 is 2.74 bits per heavy atom. The molecule has 106 valence electrons. The number of benzene rings is 1. The highest BCUT2D eigenvalue weighted by Gasteiger charge is 2.15. The maximum atomic E-state index is 10.0. The molecule has 19 heavy (non-hydrogen) atoms. The van der Waals surface area contributed by atoms with Gasteiger partial charge in [-0.3, -0.25) is 0 Å². The van der Waals surface area contributed by atoms with Crippen LogP contribution in [0.4, 0.5) is 0 Å². The van der Waals surface area contributed by atoms with Gasteiger partial charge in [-0.2, -0.15) is 0 Å². The van der Waals surface area contributed by atoms with Crippen molar-refractivity contribution < 1.29 is 9.84 Å². The zero-order valence-corrected chi connectivity index (χ0v) is 11.8. The van der Waals surface area contributed by atoms with E-state index in [0.717, 1.165) is 38.7 Å². The summed E-state index contributed by atoms with van der Waals surface area (Å²) >= 11 is 0. The van der Waals surface area contributed by atoms with E-state index in [9.17, 15) is 5.11 Å². The van der Waals surface area contributed by atoms with Crippen LogP contribution in [0.15, 0.2) is 30.3 Å². The molecule has 0 radical (unpaired) electrons. The maximum Gasteiger partial charge on any atom is 0.0576 e. The van der Waals surface area contributed by atoms with E-state index >= 15 is 0 Å². The van der Waals surface area contributed by atoms with Crippen molar-refractivity contribution in [3.05, 3.63) is 35.9 Å². The van der Waals surface area contributed by atoms with Gasteiger partial charge in [0.05, 0.1) is 12.2 Å². The van der Waals surface area contributed by atoms with Crippen molar-refractivity contribution in [1.82, 2.24) is 0 Å². The van der Waals surface area contributed by atoms with Crippen LogP contribution >= 0.6 is 0 Å². The highest BCUT2D eigenvalue weighted by Crippen LogP contribution is 2.19. The van der Waals surface area contributed by atoms with Gasteiger partial charge in [-0.25, -0.2) is 0 Å². The smallest absolute Gasteiger partial charge is 0.0576 e. The molecule has 1 aromatic carbocycles. The van der Waals surface area contributed by atoms with Crippen molar-refractivity contribution in [2.24, 2.45) is 0 Å². The number of rotatable bonds is 7. The number of hydrogen-bond acceptors (Lipinski definition) is 2. The van der Waals surface area contributed by atoms with Crippen molar-refractivity contribution in [3.63, 3.8) is 0 Å². The summed E-state index contributed by atoms with van der Waals surface area (Å²) in [5, 5.41) is 10.0. The molecule has 0 aromatic heterocycles. The fraction of sp³-hybridized carbons (Fsp3) is 0.647. The van der Waals surface area contributed by atoms with Crippen molar-refractivity contribution in [2.75, 3.05) is 6.61 Å². The van der Waals surface area contributed by atoms with Gasteiger partial charge < -0.3 is 9.84 Å². The molecule has 2 rings (SSSR count). The van der Waals surface area contributed by atoms with Gasteiger partial charge in [-0.05, 0) is 56.9 Å². The zero-order valence-electron chi connectivity index (χ0n) is 11.8. The van der Waals surface area contributed by atoms with Gasteiger partial charge in [0.25, 0.3) is 0 Å². The first-order valence-corrected chi connectivity index (χ1v) is 7.68. The lowest BCUT2D eigenvalue weighted by atomic mass is 9.99. The average Bonchev–Trinajstić information content (AvgIpc) is 2.47. The Morgan fingerprint density at radius 1 is 1.16 bits per heavy atom. The first-order valence-electron chi connectivity index (χ1n) is 7.68. The molecular formula is C17H26O2. The fourth-order valence-corrected chi connectivity index (χ4v) is 2.74. The summed E-state index contributed by atoms with van der Waals surface area (Å²) in [5.41, 5.74) is 1.37. The summed E-state index contributed by atoms with van der Waals surface area (Å²) in [6, 6.07) is 10.5. The van der Waals surface area contributed by atoms with Crippen LogP contribution in [0.3, 0.4) is 0 Å². The topological polar surface area (TPSA) is 29.5 Å². The van der Waals surface area contributed by atoms with E-state index < -0.39 is 0 Å². The van der Waals surface area contributed by atoms with Gasteiger partial charge in [-0.15, -0.1) is 0 Å². The van der Waals surface area contributed by atoms with Crippen LogP contribution in [0.5, 0.6) is 0 Å². The van der Waals surface area contributed by atoms with Gasteiger partial charge in [0.2, 0.25) is 0 Å². The van der Waals surface area contributed by atoms with Crippen molar-refractivity contribution in [1.29, 1.82) is 0 Å². The molecular weight excluding hydrogens is 236 g/mol. The summed E-state index contributed by atoms with van der Waals surface area (Å²) < 4.78 is 5.69. The standard InChI is InChI=1S/C17H26O2/c18-16(12-13-17-11-4-5-14-19-17)10-6-9-15-7-2-1-3-8-15/h1-3,7-8,16-18H,4-6,9-14H2. The molecule has 0 amide bonds. The first kappa shape index (κ1) is 14.5. The van der Waals surface area contributed by atoms with Crippen LogP contribution in [0, 0.1) is 0 Å². The van der Waals surface area contributed by atoms with Gasteiger partial charge in [0, 0.05) is 6.61 Å². The summed E-state index contributed by atoms with van der Waals surface area (Å²) in [5.74, 6) is 0. The van der Waals surface area contributed by atoms with E-state index in [1.165, 1.54) is 24.8 Å². The predicted octanol–water partition coefficient (Wildman–Crippen LogP) is 3.72. The Kier molecular flexibility index (Phi) is 6.38. The monoisotopic (exact) mass is 262 g/mol. The Labute approximate surface area is 116 Å². The van der Waals surface area contributed by atoms with Gasteiger partial charge in [0.15, 0.2) is 0 Å². The Hall–Kier alpha value is -0.860. The molecule has 2 unspecified atom stereocenters. The lowest BCUT2D eigenvalue weighted by Gasteiger charge is -2.23. The molecule has 0 spiro atoms. The molecule has 1 aliphatic rings. The number of aliphatic hydroxyl groups excluding tert-OH is 1. The maximum absolute atomic E-state index is 10.0. The lowest BCUT2D eigenvalue weighted by Crippen LogP contribution is -2.21. The predicted molar refractivity (Wildman–Crippen MR) is 78.2 cm³/mol. The van der Waals surface area contributed by atoms with Crippen LogP contribution in [-0.4, -0.2) is 23.9 Å². The van der Waals surface area contributed by atoms with Crippen molar-refractivity contribution in [2.45, 2.75) is 63.6 Å². The Balaban J connectivity index is 1.55. The third-order valence-corrected chi connectivity index (χ3v) is 3.94. The molecule has 1 heterocycles. The zero-order chi connectivity index (χ0) is 13.3. The molecule has 1 aromatic rings. The quantitative estimate of drug-likeness (QED) is 0.811. The summed E-state index contributed by atoms with van der Waals surface area (Å²) in [7, 11) is 0. The van der Waals surface area contributed by atoms with Gasteiger partial charge in [-0.1, -0.05) is 30.3 Å². The SMILES string of the molecule is OC(CCCc1ccccc1)CCC1CCCCO1. The van der Waals surface area contributed by atoms with Crippen LogP contribution in [-0.2, 0) is 11.2 Å². The van der Waals surface area contributed by atoms with E-state index in [1.807, 2.05) is 6.07 Å². The molecule has 0 bridgehead atoms. The minimum Gasteiger partial charge on any atom is -0.393 e. The van der Waals surface area contributed by atoms with Gasteiger partial charge in [0.1, 0.15) is 0 Å². The first-order chi connectivity index (χ1) is 9.34. The number of aryl methyl sites for hydroxylation is 1. The second-order valence-electron chi connectivity index (χ2n) is 5.60. The molecule has 2 atom stereocenters. The van der Waals surface area contributed by atoms with Crippen LogP contribution in [0.1, 0.15) is 50.5 Å². The minimum atomic E-state index is -0.158. The van der Waals surface area contributed by atoms with Crippen molar-refractivity contribution >= 4 is 0 Å². The van der Waals surface area contributed by atoms with E-state index in [0.29, 0.717) is 6.10 Å². The Bertz CT molecular complexity index is 330. The van der Waals surface area contributed by atoms with Crippen LogP contribution in [0.25, 0.3) is 0 Å². The Morgan fingerprint density at radius 2 is 2.00 bits per heavy atom. The summed E-state index contributed by atoms with van der Waals surface area (Å²) in [6.07, 6.45) is 8.86. The molecule has 1 aliphatic heterocycles.